The first-order chi connectivity index (χ1) is 13.6. The van der Waals surface area contributed by atoms with E-state index in [1.54, 1.807) is 23.1 Å². The van der Waals surface area contributed by atoms with Gasteiger partial charge in [-0.3, -0.25) is 9.59 Å². The van der Waals surface area contributed by atoms with E-state index in [9.17, 15) is 14.0 Å². The molecule has 142 valence electrons. The van der Waals surface area contributed by atoms with Crippen molar-refractivity contribution in [2.24, 2.45) is 0 Å². The fourth-order valence-electron chi connectivity index (χ4n) is 3.21. The van der Waals surface area contributed by atoms with E-state index in [4.69, 9.17) is 0 Å². The van der Waals surface area contributed by atoms with Crippen LogP contribution in [0.3, 0.4) is 0 Å². The Kier molecular flexibility index (Phi) is 5.21. The Morgan fingerprint density at radius 1 is 1.04 bits per heavy atom. The summed E-state index contributed by atoms with van der Waals surface area (Å²) in [5.41, 5.74) is 2.76. The van der Waals surface area contributed by atoms with Crippen LogP contribution in [0.1, 0.15) is 28.1 Å². The van der Waals surface area contributed by atoms with Gasteiger partial charge in [0.15, 0.2) is 0 Å². The summed E-state index contributed by atoms with van der Waals surface area (Å²) in [6.45, 7) is 1.18. The minimum Gasteiger partial charge on any atom is -0.347 e. The van der Waals surface area contributed by atoms with Crippen molar-refractivity contribution in [3.63, 3.8) is 0 Å². The van der Waals surface area contributed by atoms with Crippen LogP contribution in [0, 0.1) is 5.82 Å². The van der Waals surface area contributed by atoms with E-state index in [2.05, 4.69) is 5.32 Å². The highest BCUT2D eigenvalue weighted by Crippen LogP contribution is 2.28. The van der Waals surface area contributed by atoms with E-state index in [1.807, 2.05) is 30.3 Å². The fourth-order valence-corrected chi connectivity index (χ4v) is 4.14. The summed E-state index contributed by atoms with van der Waals surface area (Å²) in [5, 5.41) is 2.92. The van der Waals surface area contributed by atoms with E-state index in [0.717, 1.165) is 34.7 Å². The van der Waals surface area contributed by atoms with Crippen LogP contribution in [0.5, 0.6) is 0 Å². The smallest absolute Gasteiger partial charge is 0.261 e. The first-order valence-electron chi connectivity index (χ1n) is 9.13. The fraction of sp³-hybridized carbons (Fsp3) is 0.182. The Labute approximate surface area is 166 Å². The number of nitrogens with zero attached hydrogens (tertiary/aromatic N) is 1. The molecular formula is C22H19FN2O2S. The minimum atomic E-state index is -0.279. The molecule has 0 spiro atoms. The number of thiophene rings is 1. The van der Waals surface area contributed by atoms with E-state index in [-0.39, 0.29) is 17.6 Å². The lowest BCUT2D eigenvalue weighted by Gasteiger charge is -2.16. The Hall–Kier alpha value is -2.99. The molecule has 0 saturated carbocycles. The molecule has 1 fully saturated rings. The molecule has 2 aromatic carbocycles. The number of anilines is 1. The van der Waals surface area contributed by atoms with Gasteiger partial charge in [0.1, 0.15) is 5.82 Å². The molecule has 1 aliphatic rings. The van der Waals surface area contributed by atoms with Crippen LogP contribution in [-0.2, 0) is 11.3 Å². The van der Waals surface area contributed by atoms with Gasteiger partial charge in [-0.2, -0.15) is 0 Å². The van der Waals surface area contributed by atoms with Crippen LogP contribution in [0.2, 0.25) is 0 Å². The van der Waals surface area contributed by atoms with Gasteiger partial charge in [-0.05, 0) is 53.9 Å². The molecule has 4 nitrogen and oxygen atoms in total. The molecule has 28 heavy (non-hydrogen) atoms. The zero-order chi connectivity index (χ0) is 19.5. The Bertz CT molecular complexity index is 996. The maximum atomic E-state index is 13.0. The molecule has 1 aromatic heterocycles. The first kappa shape index (κ1) is 18.4. The number of nitrogens with one attached hydrogen (secondary N) is 1. The molecule has 2 heterocycles. The molecule has 0 atom stereocenters. The summed E-state index contributed by atoms with van der Waals surface area (Å²) in [6.07, 6.45) is 1.51. The molecule has 0 radical (unpaired) electrons. The van der Waals surface area contributed by atoms with E-state index in [0.29, 0.717) is 17.8 Å². The van der Waals surface area contributed by atoms with E-state index >= 15 is 0 Å². The third kappa shape index (κ3) is 3.97. The van der Waals surface area contributed by atoms with Crippen LogP contribution in [0.4, 0.5) is 10.1 Å². The monoisotopic (exact) mass is 394 g/mol. The lowest BCUT2D eigenvalue weighted by molar-refractivity contribution is -0.117. The second kappa shape index (κ2) is 7.94. The van der Waals surface area contributed by atoms with Gasteiger partial charge in [-0.15, -0.1) is 11.3 Å². The Morgan fingerprint density at radius 2 is 1.79 bits per heavy atom. The molecule has 6 heteroatoms. The van der Waals surface area contributed by atoms with Crippen molar-refractivity contribution < 1.29 is 14.0 Å². The molecule has 0 aliphatic carbocycles. The SMILES string of the molecule is O=C(NCc1ccc(N2CCCC2=O)cc1)c1ccc(-c2ccc(F)cc2)s1. The summed E-state index contributed by atoms with van der Waals surface area (Å²) >= 11 is 1.38. The van der Waals surface area contributed by atoms with Crippen molar-refractivity contribution in [2.45, 2.75) is 19.4 Å². The molecule has 3 aromatic rings. The van der Waals surface area contributed by atoms with Gasteiger partial charge in [-0.25, -0.2) is 4.39 Å². The van der Waals surface area contributed by atoms with Crippen molar-refractivity contribution in [1.82, 2.24) is 5.32 Å². The summed E-state index contributed by atoms with van der Waals surface area (Å²) in [4.78, 5) is 27.6. The zero-order valence-electron chi connectivity index (χ0n) is 15.2. The summed E-state index contributed by atoms with van der Waals surface area (Å²) in [5.74, 6) is -0.258. The normalized spacial score (nSPS) is 13.8. The highest BCUT2D eigenvalue weighted by Gasteiger charge is 2.21. The third-order valence-electron chi connectivity index (χ3n) is 4.73. The molecule has 1 N–H and O–H groups in total. The molecule has 1 aliphatic heterocycles. The van der Waals surface area contributed by atoms with Crippen LogP contribution < -0.4 is 10.2 Å². The van der Waals surface area contributed by atoms with Gasteiger partial charge in [0.25, 0.3) is 5.91 Å². The van der Waals surface area contributed by atoms with Crippen LogP contribution in [0.15, 0.2) is 60.7 Å². The van der Waals surface area contributed by atoms with Gasteiger partial charge in [0.05, 0.1) is 4.88 Å². The number of hydrogen-bond donors (Lipinski definition) is 1. The minimum absolute atomic E-state index is 0.142. The second-order valence-electron chi connectivity index (χ2n) is 6.67. The number of carbonyl (C=O) groups is 2. The molecule has 0 bridgehead atoms. The quantitative estimate of drug-likeness (QED) is 0.687. The summed E-state index contributed by atoms with van der Waals surface area (Å²) < 4.78 is 13.0. The second-order valence-corrected chi connectivity index (χ2v) is 7.75. The van der Waals surface area contributed by atoms with Crippen molar-refractivity contribution in [3.05, 3.63) is 76.9 Å². The van der Waals surface area contributed by atoms with Crippen molar-refractivity contribution in [3.8, 4) is 10.4 Å². The molecule has 4 rings (SSSR count). The predicted molar refractivity (Wildman–Crippen MR) is 109 cm³/mol. The number of benzene rings is 2. The number of carbonyl (C=O) groups excluding carboxylic acids is 2. The van der Waals surface area contributed by atoms with E-state index < -0.39 is 0 Å². The van der Waals surface area contributed by atoms with Gasteiger partial charge in [0.2, 0.25) is 5.91 Å². The average molecular weight is 394 g/mol. The lowest BCUT2D eigenvalue weighted by atomic mass is 10.2. The van der Waals surface area contributed by atoms with Gasteiger partial charge >= 0.3 is 0 Å². The molecule has 0 unspecified atom stereocenters. The largest absolute Gasteiger partial charge is 0.347 e. The average Bonchev–Trinajstić information content (AvgIpc) is 3.37. The number of amides is 2. The highest BCUT2D eigenvalue weighted by molar-refractivity contribution is 7.17. The third-order valence-corrected chi connectivity index (χ3v) is 5.87. The van der Waals surface area contributed by atoms with E-state index in [1.165, 1.54) is 23.5 Å². The van der Waals surface area contributed by atoms with Gasteiger partial charge < -0.3 is 10.2 Å². The summed E-state index contributed by atoms with van der Waals surface area (Å²) in [7, 11) is 0. The predicted octanol–water partition coefficient (Wildman–Crippen LogP) is 4.61. The Morgan fingerprint density at radius 3 is 2.46 bits per heavy atom. The number of halogens is 1. The van der Waals surface area contributed by atoms with Crippen LogP contribution in [-0.4, -0.2) is 18.4 Å². The molecule has 1 saturated heterocycles. The molecule has 2 amide bonds. The Balaban J connectivity index is 1.37. The number of rotatable bonds is 5. The van der Waals surface area contributed by atoms with Gasteiger partial charge in [-0.1, -0.05) is 24.3 Å². The lowest BCUT2D eigenvalue weighted by Crippen LogP contribution is -2.24. The standard InChI is InChI=1S/C22H19FN2O2S/c23-17-7-5-16(6-8-17)19-11-12-20(28-19)22(27)24-14-15-3-9-18(10-4-15)25-13-1-2-21(25)26/h3-12H,1-2,13-14H2,(H,24,27). The highest BCUT2D eigenvalue weighted by atomic mass is 32.1. The topological polar surface area (TPSA) is 49.4 Å². The van der Waals surface area contributed by atoms with Crippen molar-refractivity contribution >= 4 is 28.8 Å². The van der Waals surface area contributed by atoms with Crippen molar-refractivity contribution in [2.75, 3.05) is 11.4 Å². The van der Waals surface area contributed by atoms with Crippen molar-refractivity contribution in [1.29, 1.82) is 0 Å². The first-order valence-corrected chi connectivity index (χ1v) is 9.95. The zero-order valence-corrected chi connectivity index (χ0v) is 16.0. The van der Waals surface area contributed by atoms with Crippen LogP contribution >= 0.6 is 11.3 Å². The maximum Gasteiger partial charge on any atom is 0.261 e. The van der Waals surface area contributed by atoms with Gasteiger partial charge in [0, 0.05) is 30.1 Å². The maximum absolute atomic E-state index is 13.0. The summed E-state index contributed by atoms with van der Waals surface area (Å²) in [6, 6.07) is 17.6. The number of hydrogen-bond acceptors (Lipinski definition) is 3. The van der Waals surface area contributed by atoms with Crippen LogP contribution in [0.25, 0.3) is 10.4 Å². The molecular weight excluding hydrogens is 375 g/mol.